The molecule has 0 fully saturated rings. The number of halogens is 5. The van der Waals surface area contributed by atoms with Crippen molar-refractivity contribution in [3.63, 3.8) is 0 Å². The van der Waals surface area contributed by atoms with Gasteiger partial charge in [-0.3, -0.25) is 0 Å². The lowest BCUT2D eigenvalue weighted by molar-refractivity contribution is 0.311. The van der Waals surface area contributed by atoms with Gasteiger partial charge in [-0.25, -0.2) is 13.2 Å². The molecule has 30 heavy (non-hydrogen) atoms. The fraction of sp³-hybridized carbons (Fsp3) is 0.158. The van der Waals surface area contributed by atoms with Crippen molar-refractivity contribution in [3.05, 3.63) is 71.7 Å². The lowest BCUT2D eigenvalue weighted by Gasteiger charge is -2.31. The molecule has 0 bridgehead atoms. The second-order valence-electron chi connectivity index (χ2n) is 6.06. The lowest BCUT2D eigenvalue weighted by atomic mass is 10.2. The van der Waals surface area contributed by atoms with Gasteiger partial charge in [0.15, 0.2) is 0 Å². The Morgan fingerprint density at radius 2 is 1.70 bits per heavy atom. The van der Waals surface area contributed by atoms with Crippen molar-refractivity contribution in [2.24, 2.45) is 0 Å². The van der Waals surface area contributed by atoms with Crippen LogP contribution in [0.1, 0.15) is 6.92 Å². The third kappa shape index (κ3) is 3.72. The Balaban J connectivity index is 2.00. The van der Waals surface area contributed by atoms with E-state index in [1.54, 1.807) is 24.0 Å². The Morgan fingerprint density at radius 1 is 1.10 bits per heavy atom. The third-order valence-corrected chi connectivity index (χ3v) is 5.37. The highest BCUT2D eigenvalue weighted by molar-refractivity contribution is 7.87. The minimum absolute atomic E-state index is 0.106. The van der Waals surface area contributed by atoms with Crippen molar-refractivity contribution in [3.8, 4) is 11.5 Å². The van der Waals surface area contributed by atoms with Crippen LogP contribution in [0, 0.1) is 29.1 Å². The quantitative estimate of drug-likeness (QED) is 0.223. The van der Waals surface area contributed by atoms with Gasteiger partial charge in [-0.15, -0.1) is 0 Å². The Labute approximate surface area is 168 Å². The second kappa shape index (κ2) is 7.98. The molecule has 0 radical (unpaired) electrons. The number of fused-ring (bicyclic) bond motifs is 1. The second-order valence-corrected chi connectivity index (χ2v) is 7.60. The summed E-state index contributed by atoms with van der Waals surface area (Å²) in [6.07, 6.45) is 3.49. The third-order valence-electron chi connectivity index (χ3n) is 4.15. The van der Waals surface area contributed by atoms with Crippen molar-refractivity contribution in [2.75, 3.05) is 18.1 Å². The standard InChI is InChI=1S/C19H14F5NO4S/c1-3-4-10(2)25-7-8-28-13-9-11(5-6-12(13)25)30(26,27)29-19-17(23)15(21)14(20)16(22)18(19)24/h3-6,9H,2,7-8H2,1H3/b4-3-. The highest BCUT2D eigenvalue weighted by Crippen LogP contribution is 2.37. The molecule has 5 nitrogen and oxygen atoms in total. The van der Waals surface area contributed by atoms with Gasteiger partial charge in [0.1, 0.15) is 17.3 Å². The van der Waals surface area contributed by atoms with Crippen LogP contribution in [-0.4, -0.2) is 21.6 Å². The van der Waals surface area contributed by atoms with Gasteiger partial charge in [0, 0.05) is 11.8 Å². The maximum absolute atomic E-state index is 13.8. The van der Waals surface area contributed by atoms with Gasteiger partial charge in [-0.05, 0) is 25.1 Å². The van der Waals surface area contributed by atoms with Crippen LogP contribution < -0.4 is 13.8 Å². The van der Waals surface area contributed by atoms with E-state index in [1.165, 1.54) is 6.07 Å². The molecule has 0 N–H and O–H groups in total. The fourth-order valence-corrected chi connectivity index (χ4v) is 3.70. The number of benzene rings is 2. The maximum Gasteiger partial charge on any atom is 0.339 e. The first-order valence-corrected chi connectivity index (χ1v) is 9.81. The van der Waals surface area contributed by atoms with E-state index in [4.69, 9.17) is 4.74 Å². The molecule has 2 aromatic rings. The Kier molecular flexibility index (Phi) is 5.75. The van der Waals surface area contributed by atoms with Crippen LogP contribution in [0.3, 0.4) is 0 Å². The minimum Gasteiger partial charge on any atom is -0.489 e. The molecule has 1 heterocycles. The van der Waals surface area contributed by atoms with Crippen molar-refractivity contribution >= 4 is 15.8 Å². The van der Waals surface area contributed by atoms with Crippen molar-refractivity contribution < 1.29 is 39.3 Å². The van der Waals surface area contributed by atoms with Gasteiger partial charge >= 0.3 is 10.1 Å². The molecule has 0 aromatic heterocycles. The first-order chi connectivity index (χ1) is 14.1. The highest BCUT2D eigenvalue weighted by atomic mass is 32.2. The molecule has 2 aromatic carbocycles. The van der Waals surface area contributed by atoms with E-state index in [2.05, 4.69) is 10.8 Å². The number of nitrogens with zero attached hydrogens (tertiary/aromatic N) is 1. The minimum atomic E-state index is -4.96. The van der Waals surface area contributed by atoms with Crippen LogP contribution in [-0.2, 0) is 10.1 Å². The van der Waals surface area contributed by atoms with Crippen molar-refractivity contribution in [2.45, 2.75) is 11.8 Å². The van der Waals surface area contributed by atoms with Crippen molar-refractivity contribution in [1.82, 2.24) is 0 Å². The number of rotatable bonds is 5. The summed E-state index contributed by atoms with van der Waals surface area (Å²) in [6, 6.07) is 3.41. The molecule has 1 aliphatic rings. The molecular formula is C19H14F5NO4S. The summed E-state index contributed by atoms with van der Waals surface area (Å²) in [5, 5.41) is 0. The van der Waals surface area contributed by atoms with E-state index in [1.807, 2.05) is 0 Å². The lowest BCUT2D eigenvalue weighted by Crippen LogP contribution is -2.31. The Morgan fingerprint density at radius 3 is 2.30 bits per heavy atom. The van der Waals surface area contributed by atoms with Gasteiger partial charge in [0.2, 0.25) is 34.8 Å². The zero-order valence-electron chi connectivity index (χ0n) is 15.4. The van der Waals surface area contributed by atoms with Gasteiger partial charge in [-0.2, -0.15) is 17.2 Å². The zero-order chi connectivity index (χ0) is 22.2. The molecule has 0 unspecified atom stereocenters. The Bertz CT molecular complexity index is 1130. The molecule has 0 spiro atoms. The van der Waals surface area contributed by atoms with E-state index < -0.39 is 49.8 Å². The summed E-state index contributed by atoms with van der Waals surface area (Å²) >= 11 is 0. The summed E-state index contributed by atoms with van der Waals surface area (Å²) in [5.74, 6) is -13.7. The average Bonchev–Trinajstić information content (AvgIpc) is 2.73. The number of anilines is 1. The number of ether oxygens (including phenoxy) is 1. The van der Waals surface area contributed by atoms with E-state index in [9.17, 15) is 30.4 Å². The number of hydrogen-bond acceptors (Lipinski definition) is 5. The van der Waals surface area contributed by atoms with Crippen LogP contribution in [0.5, 0.6) is 11.5 Å². The molecule has 160 valence electrons. The average molecular weight is 447 g/mol. The summed E-state index contributed by atoms with van der Waals surface area (Å²) in [4.78, 5) is 1.14. The Hall–Kier alpha value is -3.08. The molecule has 0 saturated carbocycles. The van der Waals surface area contributed by atoms with Crippen LogP contribution >= 0.6 is 0 Å². The normalized spacial score (nSPS) is 13.9. The van der Waals surface area contributed by atoms with E-state index in [-0.39, 0.29) is 12.4 Å². The van der Waals surface area contributed by atoms with Gasteiger partial charge in [0.25, 0.3) is 0 Å². The van der Waals surface area contributed by atoms with E-state index in [0.717, 1.165) is 12.1 Å². The SMILES string of the molecule is C=C(/C=C\C)N1CCOc2cc(S(=O)(=O)Oc3c(F)c(F)c(F)c(F)c3F)ccc21. The first-order valence-electron chi connectivity index (χ1n) is 8.40. The number of hydrogen-bond donors (Lipinski definition) is 0. The smallest absolute Gasteiger partial charge is 0.339 e. The number of allylic oxidation sites excluding steroid dienone is 2. The monoisotopic (exact) mass is 447 g/mol. The molecule has 3 rings (SSSR count). The summed E-state index contributed by atoms with van der Waals surface area (Å²) < 4.78 is 102. The predicted molar refractivity (Wildman–Crippen MR) is 97.3 cm³/mol. The van der Waals surface area contributed by atoms with Gasteiger partial charge < -0.3 is 13.8 Å². The van der Waals surface area contributed by atoms with Gasteiger partial charge in [-0.1, -0.05) is 12.7 Å². The summed E-state index contributed by atoms with van der Waals surface area (Å²) in [6.45, 7) is 6.30. The maximum atomic E-state index is 13.8. The molecule has 0 atom stereocenters. The zero-order valence-corrected chi connectivity index (χ0v) is 16.2. The largest absolute Gasteiger partial charge is 0.489 e. The van der Waals surface area contributed by atoms with E-state index in [0.29, 0.717) is 17.9 Å². The van der Waals surface area contributed by atoms with Crippen LogP contribution in [0.15, 0.2) is 47.5 Å². The molecular weight excluding hydrogens is 433 g/mol. The van der Waals surface area contributed by atoms with Crippen molar-refractivity contribution in [1.29, 1.82) is 0 Å². The molecule has 11 heteroatoms. The predicted octanol–water partition coefficient (Wildman–Crippen LogP) is 4.44. The topological polar surface area (TPSA) is 55.8 Å². The molecule has 0 aliphatic carbocycles. The summed E-state index contributed by atoms with van der Waals surface area (Å²) in [5.41, 5.74) is 1.08. The van der Waals surface area contributed by atoms with Crippen LogP contribution in [0.4, 0.5) is 27.6 Å². The van der Waals surface area contributed by atoms with E-state index >= 15 is 0 Å². The summed E-state index contributed by atoms with van der Waals surface area (Å²) in [7, 11) is -4.96. The highest BCUT2D eigenvalue weighted by Gasteiger charge is 2.32. The molecule has 0 amide bonds. The molecule has 1 aliphatic heterocycles. The fourth-order valence-electron chi connectivity index (χ4n) is 2.75. The first kappa shape index (κ1) is 21.6. The van der Waals surface area contributed by atoms with Crippen LogP contribution in [0.25, 0.3) is 0 Å². The van der Waals surface area contributed by atoms with Crippen LogP contribution in [0.2, 0.25) is 0 Å². The molecule has 0 saturated heterocycles. The van der Waals surface area contributed by atoms with Gasteiger partial charge in [0.05, 0.1) is 12.2 Å².